The average Bonchev–Trinajstić information content (AvgIpc) is 3.03. The van der Waals surface area contributed by atoms with Crippen molar-refractivity contribution in [1.29, 1.82) is 0 Å². The van der Waals surface area contributed by atoms with Crippen LogP contribution in [0.5, 0.6) is 5.75 Å². The first-order chi connectivity index (χ1) is 11.2. The summed E-state index contributed by atoms with van der Waals surface area (Å²) in [4.78, 5) is 12.0. The number of ether oxygens (including phenoxy) is 1. The van der Waals surface area contributed by atoms with Crippen LogP contribution in [0.4, 0.5) is 5.88 Å². The van der Waals surface area contributed by atoms with Gasteiger partial charge in [-0.05, 0) is 29.8 Å². The van der Waals surface area contributed by atoms with Gasteiger partial charge in [0.1, 0.15) is 5.75 Å². The molecule has 1 amide bonds. The monoisotopic (exact) mass is 328 g/mol. The highest BCUT2D eigenvalue weighted by molar-refractivity contribution is 6.30. The van der Waals surface area contributed by atoms with Crippen LogP contribution in [0.3, 0.4) is 0 Å². The van der Waals surface area contributed by atoms with E-state index in [1.807, 2.05) is 30.3 Å². The molecular weight excluding hydrogens is 316 g/mol. The van der Waals surface area contributed by atoms with Crippen molar-refractivity contribution in [2.75, 3.05) is 11.9 Å². The largest absolute Gasteiger partial charge is 0.484 e. The number of carbonyl (C=O) groups excluding carboxylic acids is 1. The first kappa shape index (κ1) is 15.1. The summed E-state index contributed by atoms with van der Waals surface area (Å²) >= 11 is 5.79. The predicted octanol–water partition coefficient (Wildman–Crippen LogP) is 4.01. The minimum Gasteiger partial charge on any atom is -0.484 e. The number of benzene rings is 2. The number of halogens is 1. The number of nitrogens with one attached hydrogen (secondary N) is 1. The Hall–Kier alpha value is -2.79. The van der Waals surface area contributed by atoms with Crippen molar-refractivity contribution in [3.63, 3.8) is 0 Å². The van der Waals surface area contributed by atoms with Gasteiger partial charge in [0.15, 0.2) is 6.61 Å². The number of amides is 1. The highest BCUT2D eigenvalue weighted by Crippen LogP contribution is 2.27. The molecule has 1 aromatic heterocycles. The van der Waals surface area contributed by atoms with Crippen molar-refractivity contribution in [3.8, 4) is 16.9 Å². The van der Waals surface area contributed by atoms with Crippen LogP contribution >= 0.6 is 11.6 Å². The van der Waals surface area contributed by atoms with Gasteiger partial charge in [0.25, 0.3) is 5.91 Å². The number of anilines is 1. The van der Waals surface area contributed by atoms with E-state index in [2.05, 4.69) is 10.5 Å². The fourth-order valence-corrected chi connectivity index (χ4v) is 2.12. The number of nitrogens with zero attached hydrogens (tertiary/aromatic N) is 1. The molecule has 2 aromatic carbocycles. The lowest BCUT2D eigenvalue weighted by atomic mass is 10.1. The number of carbonyl (C=O) groups is 1. The molecule has 0 aliphatic heterocycles. The van der Waals surface area contributed by atoms with E-state index in [1.165, 1.54) is 0 Å². The molecule has 1 heterocycles. The van der Waals surface area contributed by atoms with Crippen molar-refractivity contribution in [3.05, 3.63) is 65.8 Å². The van der Waals surface area contributed by atoms with E-state index in [-0.39, 0.29) is 12.5 Å². The van der Waals surface area contributed by atoms with Crippen molar-refractivity contribution in [1.82, 2.24) is 5.16 Å². The molecule has 0 spiro atoms. The van der Waals surface area contributed by atoms with Gasteiger partial charge in [-0.2, -0.15) is 0 Å². The normalized spacial score (nSPS) is 10.3. The van der Waals surface area contributed by atoms with Crippen LogP contribution < -0.4 is 10.1 Å². The van der Waals surface area contributed by atoms with E-state index in [0.717, 1.165) is 5.56 Å². The molecule has 0 saturated carbocycles. The molecule has 0 aliphatic rings. The van der Waals surface area contributed by atoms with Crippen molar-refractivity contribution < 1.29 is 14.1 Å². The highest BCUT2D eigenvalue weighted by Gasteiger charge is 2.13. The number of aromatic nitrogens is 1. The Morgan fingerprint density at radius 2 is 1.87 bits per heavy atom. The maximum absolute atomic E-state index is 12.0. The van der Waals surface area contributed by atoms with Crippen LogP contribution in [0.15, 0.2) is 65.3 Å². The van der Waals surface area contributed by atoms with Gasteiger partial charge < -0.3 is 9.26 Å². The van der Waals surface area contributed by atoms with Gasteiger partial charge in [-0.1, -0.05) is 47.1 Å². The number of rotatable bonds is 5. The van der Waals surface area contributed by atoms with Gasteiger partial charge in [-0.3, -0.25) is 10.1 Å². The van der Waals surface area contributed by atoms with E-state index in [4.69, 9.17) is 20.9 Å². The Balaban J connectivity index is 1.63. The lowest BCUT2D eigenvalue weighted by Gasteiger charge is -2.06. The molecule has 23 heavy (non-hydrogen) atoms. The maximum atomic E-state index is 12.0. The van der Waals surface area contributed by atoms with E-state index in [1.54, 1.807) is 30.5 Å². The summed E-state index contributed by atoms with van der Waals surface area (Å²) in [6, 6.07) is 16.3. The van der Waals surface area contributed by atoms with Gasteiger partial charge >= 0.3 is 0 Å². The van der Waals surface area contributed by atoms with Gasteiger partial charge in [-0.25, -0.2) is 0 Å². The van der Waals surface area contributed by atoms with E-state index in [9.17, 15) is 4.79 Å². The lowest BCUT2D eigenvalue weighted by molar-refractivity contribution is -0.118. The Morgan fingerprint density at radius 3 is 2.61 bits per heavy atom. The molecular formula is C17H13ClN2O3. The van der Waals surface area contributed by atoms with Crippen LogP contribution in [0.1, 0.15) is 0 Å². The van der Waals surface area contributed by atoms with Gasteiger partial charge in [0.2, 0.25) is 5.88 Å². The first-order valence-corrected chi connectivity index (χ1v) is 7.28. The third-order valence-corrected chi connectivity index (χ3v) is 3.34. The average molecular weight is 329 g/mol. The zero-order chi connectivity index (χ0) is 16.1. The Kier molecular flexibility index (Phi) is 4.59. The SMILES string of the molecule is O=C(COc1ccc(Cl)cc1)Nc1oncc1-c1ccccc1. The molecule has 6 heteroatoms. The summed E-state index contributed by atoms with van der Waals surface area (Å²) in [5.74, 6) is 0.514. The van der Waals surface area contributed by atoms with Crippen LogP contribution in [0.25, 0.3) is 11.1 Å². The summed E-state index contributed by atoms with van der Waals surface area (Å²) in [6.45, 7) is -0.142. The zero-order valence-electron chi connectivity index (χ0n) is 12.0. The highest BCUT2D eigenvalue weighted by atomic mass is 35.5. The van der Waals surface area contributed by atoms with E-state index >= 15 is 0 Å². The van der Waals surface area contributed by atoms with Crippen molar-refractivity contribution in [2.45, 2.75) is 0 Å². The second kappa shape index (κ2) is 6.98. The second-order valence-electron chi connectivity index (χ2n) is 4.73. The van der Waals surface area contributed by atoms with Gasteiger partial charge in [0.05, 0.1) is 11.8 Å². The smallest absolute Gasteiger partial charge is 0.264 e. The summed E-state index contributed by atoms with van der Waals surface area (Å²) < 4.78 is 10.5. The summed E-state index contributed by atoms with van der Waals surface area (Å²) in [5.41, 5.74) is 1.62. The third-order valence-electron chi connectivity index (χ3n) is 3.09. The molecule has 3 rings (SSSR count). The number of hydrogen-bond donors (Lipinski definition) is 1. The fourth-order valence-electron chi connectivity index (χ4n) is 2.00. The topological polar surface area (TPSA) is 64.4 Å². The standard InChI is InChI=1S/C17H13ClN2O3/c18-13-6-8-14(9-7-13)22-11-16(21)20-17-15(10-19-23-17)12-4-2-1-3-5-12/h1-10H,11H2,(H,20,21). The molecule has 3 aromatic rings. The Bertz CT molecular complexity index is 785. The lowest BCUT2D eigenvalue weighted by Crippen LogP contribution is -2.20. The Labute approximate surface area is 137 Å². The third kappa shape index (κ3) is 3.90. The van der Waals surface area contributed by atoms with E-state index < -0.39 is 0 Å². The quantitative estimate of drug-likeness (QED) is 0.768. The predicted molar refractivity (Wildman–Crippen MR) is 87.5 cm³/mol. The van der Waals surface area contributed by atoms with Gasteiger partial charge in [-0.15, -0.1) is 0 Å². The molecule has 0 unspecified atom stereocenters. The van der Waals surface area contributed by atoms with Crippen LogP contribution in [0, 0.1) is 0 Å². The molecule has 1 N–H and O–H groups in total. The molecule has 5 nitrogen and oxygen atoms in total. The minimum atomic E-state index is -0.339. The summed E-state index contributed by atoms with van der Waals surface area (Å²) in [6.07, 6.45) is 1.56. The molecule has 0 radical (unpaired) electrons. The summed E-state index contributed by atoms with van der Waals surface area (Å²) in [7, 11) is 0. The molecule has 0 atom stereocenters. The second-order valence-corrected chi connectivity index (χ2v) is 5.16. The molecule has 0 fully saturated rings. The van der Waals surface area contributed by atoms with E-state index in [0.29, 0.717) is 22.2 Å². The molecule has 0 aliphatic carbocycles. The first-order valence-electron chi connectivity index (χ1n) is 6.91. The number of hydrogen-bond acceptors (Lipinski definition) is 4. The van der Waals surface area contributed by atoms with Crippen molar-refractivity contribution >= 4 is 23.4 Å². The fraction of sp³-hybridized carbons (Fsp3) is 0.0588. The Morgan fingerprint density at radius 1 is 1.13 bits per heavy atom. The summed E-state index contributed by atoms with van der Waals surface area (Å²) in [5, 5.41) is 6.99. The molecule has 0 bridgehead atoms. The molecule has 116 valence electrons. The van der Waals surface area contributed by atoms with Crippen LogP contribution in [-0.4, -0.2) is 17.7 Å². The maximum Gasteiger partial charge on any atom is 0.264 e. The zero-order valence-corrected chi connectivity index (χ0v) is 12.8. The van der Waals surface area contributed by atoms with Crippen LogP contribution in [-0.2, 0) is 4.79 Å². The minimum absolute atomic E-state index is 0.142. The van der Waals surface area contributed by atoms with Gasteiger partial charge in [0, 0.05) is 5.02 Å². The van der Waals surface area contributed by atoms with Crippen LogP contribution in [0.2, 0.25) is 5.02 Å². The molecule has 0 saturated heterocycles. The van der Waals surface area contributed by atoms with Crippen molar-refractivity contribution in [2.24, 2.45) is 0 Å².